The van der Waals surface area contributed by atoms with Crippen molar-refractivity contribution in [3.63, 3.8) is 0 Å². The highest BCUT2D eigenvalue weighted by molar-refractivity contribution is 5.15. The van der Waals surface area contributed by atoms with Crippen LogP contribution in [-0.2, 0) is 6.54 Å². The van der Waals surface area contributed by atoms with Gasteiger partial charge in [0.1, 0.15) is 12.0 Å². The molecule has 0 aliphatic carbocycles. The molecule has 1 aromatic heterocycles. The first-order valence-electron chi connectivity index (χ1n) is 5.46. The summed E-state index contributed by atoms with van der Waals surface area (Å²) >= 11 is 0. The van der Waals surface area contributed by atoms with Crippen molar-refractivity contribution in [2.24, 2.45) is 0 Å². The van der Waals surface area contributed by atoms with E-state index >= 15 is 0 Å². The molecular formula is C11H16N2O3. The fraction of sp³-hybridized carbons (Fsp3) is 0.545. The molecule has 0 bridgehead atoms. The zero-order valence-corrected chi connectivity index (χ0v) is 9.27. The zero-order chi connectivity index (χ0) is 11.5. The summed E-state index contributed by atoms with van der Waals surface area (Å²) in [5.74, 6) is 0.258. The Balaban J connectivity index is 2.06. The molecule has 5 heteroatoms. The van der Waals surface area contributed by atoms with E-state index in [1.807, 2.05) is 0 Å². The monoisotopic (exact) mass is 224 g/mol. The SMILES string of the molecule is CCN(Cc1cc(=O)c(O)co1)C1CNC1. The Morgan fingerprint density at radius 3 is 2.88 bits per heavy atom. The van der Waals surface area contributed by atoms with Crippen molar-refractivity contribution in [1.82, 2.24) is 10.2 Å². The van der Waals surface area contributed by atoms with Crippen LogP contribution < -0.4 is 10.7 Å². The molecular weight excluding hydrogens is 208 g/mol. The van der Waals surface area contributed by atoms with Crippen molar-refractivity contribution in [2.45, 2.75) is 19.5 Å². The van der Waals surface area contributed by atoms with Crippen LogP contribution in [0.3, 0.4) is 0 Å². The van der Waals surface area contributed by atoms with Gasteiger partial charge >= 0.3 is 0 Å². The minimum absolute atomic E-state index is 0.336. The molecule has 1 fully saturated rings. The lowest BCUT2D eigenvalue weighted by atomic mass is 10.1. The third-order valence-electron chi connectivity index (χ3n) is 2.91. The van der Waals surface area contributed by atoms with Crippen molar-refractivity contribution < 1.29 is 9.52 Å². The molecule has 88 valence electrons. The third-order valence-corrected chi connectivity index (χ3v) is 2.91. The predicted octanol–water partition coefficient (Wildman–Crippen LogP) is 0.139. The average molecular weight is 224 g/mol. The molecule has 0 atom stereocenters. The van der Waals surface area contributed by atoms with E-state index in [2.05, 4.69) is 17.1 Å². The van der Waals surface area contributed by atoms with E-state index in [4.69, 9.17) is 9.52 Å². The van der Waals surface area contributed by atoms with Crippen LogP contribution in [0.2, 0.25) is 0 Å². The normalized spacial score (nSPS) is 16.4. The minimum Gasteiger partial charge on any atom is -0.502 e. The van der Waals surface area contributed by atoms with E-state index in [0.29, 0.717) is 18.3 Å². The van der Waals surface area contributed by atoms with E-state index in [0.717, 1.165) is 25.9 Å². The van der Waals surface area contributed by atoms with Gasteiger partial charge in [0.25, 0.3) is 0 Å². The minimum atomic E-state index is -0.385. The molecule has 1 aliphatic rings. The highest BCUT2D eigenvalue weighted by Crippen LogP contribution is 2.11. The number of hydrogen-bond acceptors (Lipinski definition) is 5. The van der Waals surface area contributed by atoms with Crippen LogP contribution in [0.1, 0.15) is 12.7 Å². The fourth-order valence-electron chi connectivity index (χ4n) is 1.76. The quantitative estimate of drug-likeness (QED) is 0.761. The number of nitrogens with one attached hydrogen (secondary N) is 1. The molecule has 16 heavy (non-hydrogen) atoms. The molecule has 0 radical (unpaired) electrons. The van der Waals surface area contributed by atoms with Gasteiger partial charge in [0.2, 0.25) is 5.43 Å². The number of aromatic hydroxyl groups is 1. The van der Waals surface area contributed by atoms with E-state index in [9.17, 15) is 4.79 Å². The van der Waals surface area contributed by atoms with E-state index in [1.165, 1.54) is 6.07 Å². The van der Waals surface area contributed by atoms with Crippen molar-refractivity contribution >= 4 is 0 Å². The highest BCUT2D eigenvalue weighted by atomic mass is 16.4. The second-order valence-electron chi connectivity index (χ2n) is 3.97. The summed E-state index contributed by atoms with van der Waals surface area (Å²) in [6.07, 6.45) is 1.10. The van der Waals surface area contributed by atoms with Crippen molar-refractivity contribution in [1.29, 1.82) is 0 Å². The van der Waals surface area contributed by atoms with Crippen LogP contribution in [0, 0.1) is 0 Å². The molecule has 1 aliphatic heterocycles. The first-order chi connectivity index (χ1) is 7.70. The lowest BCUT2D eigenvalue weighted by molar-refractivity contribution is 0.134. The van der Waals surface area contributed by atoms with Gasteiger partial charge < -0.3 is 14.8 Å². The largest absolute Gasteiger partial charge is 0.502 e. The number of hydrogen-bond donors (Lipinski definition) is 2. The number of likely N-dealkylation sites (N-methyl/N-ethyl adjacent to an activating group) is 1. The molecule has 1 saturated heterocycles. The van der Waals surface area contributed by atoms with Crippen LogP contribution in [0.25, 0.3) is 0 Å². The summed E-state index contributed by atoms with van der Waals surface area (Å²) in [6, 6.07) is 1.87. The van der Waals surface area contributed by atoms with Crippen LogP contribution in [0.4, 0.5) is 0 Å². The molecule has 0 aromatic carbocycles. The summed E-state index contributed by atoms with van der Waals surface area (Å²) in [6.45, 7) is 5.57. The molecule has 5 nitrogen and oxygen atoms in total. The molecule has 2 N–H and O–H groups in total. The Morgan fingerprint density at radius 1 is 1.62 bits per heavy atom. The summed E-state index contributed by atoms with van der Waals surface area (Å²) in [5.41, 5.74) is -0.385. The smallest absolute Gasteiger partial charge is 0.226 e. The Hall–Kier alpha value is -1.33. The molecule has 2 heterocycles. The fourth-order valence-corrected chi connectivity index (χ4v) is 1.76. The van der Waals surface area contributed by atoms with Gasteiger partial charge in [0.05, 0.1) is 6.54 Å². The standard InChI is InChI=1S/C11H16N2O3/c1-2-13(8-4-12-5-8)6-9-3-10(14)11(15)7-16-9/h3,7-8,12,15H,2,4-6H2,1H3. The van der Waals surface area contributed by atoms with Gasteiger partial charge in [-0.15, -0.1) is 0 Å². The summed E-state index contributed by atoms with van der Waals surface area (Å²) in [7, 11) is 0. The first-order valence-corrected chi connectivity index (χ1v) is 5.46. The van der Waals surface area contributed by atoms with E-state index in [1.54, 1.807) is 0 Å². The Labute approximate surface area is 93.7 Å². The van der Waals surface area contributed by atoms with Gasteiger partial charge in [0, 0.05) is 25.2 Å². The van der Waals surface area contributed by atoms with Gasteiger partial charge in [-0.2, -0.15) is 0 Å². The topological polar surface area (TPSA) is 65.7 Å². The van der Waals surface area contributed by atoms with Crippen LogP contribution in [0.5, 0.6) is 5.75 Å². The van der Waals surface area contributed by atoms with Crippen molar-refractivity contribution in [3.8, 4) is 5.75 Å². The van der Waals surface area contributed by atoms with E-state index in [-0.39, 0.29) is 11.2 Å². The summed E-state index contributed by atoms with van der Waals surface area (Å²) < 4.78 is 5.18. The lowest BCUT2D eigenvalue weighted by Gasteiger charge is -2.37. The van der Waals surface area contributed by atoms with Gasteiger partial charge in [-0.1, -0.05) is 6.92 Å². The van der Waals surface area contributed by atoms with Crippen molar-refractivity contribution in [2.75, 3.05) is 19.6 Å². The van der Waals surface area contributed by atoms with Gasteiger partial charge in [-0.05, 0) is 6.54 Å². The van der Waals surface area contributed by atoms with Gasteiger partial charge in [-0.3, -0.25) is 9.69 Å². The number of nitrogens with zero attached hydrogens (tertiary/aromatic N) is 1. The second-order valence-corrected chi connectivity index (χ2v) is 3.97. The molecule has 0 saturated carbocycles. The molecule has 0 unspecified atom stereocenters. The Morgan fingerprint density at radius 2 is 2.38 bits per heavy atom. The molecule has 0 spiro atoms. The molecule has 1 aromatic rings. The molecule has 2 rings (SSSR count). The zero-order valence-electron chi connectivity index (χ0n) is 9.27. The second kappa shape index (κ2) is 4.67. The Bertz CT molecular complexity index is 412. The number of rotatable bonds is 4. The summed E-state index contributed by atoms with van der Waals surface area (Å²) in [5, 5.41) is 12.3. The highest BCUT2D eigenvalue weighted by Gasteiger charge is 2.23. The average Bonchev–Trinajstić information content (AvgIpc) is 2.20. The van der Waals surface area contributed by atoms with Crippen LogP contribution >= 0.6 is 0 Å². The third kappa shape index (κ3) is 2.25. The maximum Gasteiger partial charge on any atom is 0.226 e. The first kappa shape index (κ1) is 11.2. The van der Waals surface area contributed by atoms with Crippen LogP contribution in [-0.4, -0.2) is 35.7 Å². The molecule has 0 amide bonds. The van der Waals surface area contributed by atoms with E-state index < -0.39 is 0 Å². The van der Waals surface area contributed by atoms with Gasteiger partial charge in [0.15, 0.2) is 5.75 Å². The lowest BCUT2D eigenvalue weighted by Crippen LogP contribution is -2.56. The van der Waals surface area contributed by atoms with Crippen molar-refractivity contribution in [3.05, 3.63) is 28.3 Å². The van der Waals surface area contributed by atoms with Gasteiger partial charge in [-0.25, -0.2) is 0 Å². The maximum absolute atomic E-state index is 11.2. The van der Waals surface area contributed by atoms with Crippen LogP contribution in [0.15, 0.2) is 21.5 Å². The maximum atomic E-state index is 11.2. The predicted molar refractivity (Wildman–Crippen MR) is 59.4 cm³/mol. The Kier molecular flexibility index (Phi) is 3.26. The summed E-state index contributed by atoms with van der Waals surface area (Å²) in [4.78, 5) is 13.5.